The van der Waals surface area contributed by atoms with Crippen LogP contribution in [0.5, 0.6) is 11.5 Å². The standard InChI is InChI=1S/C14H10BrClO2/c1-9(17)13-7-6-12(8-14(13)16)18-11-4-2-10(15)3-5-11/h2-8H,1H3. The lowest BCUT2D eigenvalue weighted by atomic mass is 10.1. The van der Waals surface area contributed by atoms with Crippen LogP contribution in [0.3, 0.4) is 0 Å². The Morgan fingerprint density at radius 1 is 1.11 bits per heavy atom. The van der Waals surface area contributed by atoms with Gasteiger partial charge in [0.05, 0.1) is 5.02 Å². The molecule has 0 saturated heterocycles. The molecule has 92 valence electrons. The Hall–Kier alpha value is -1.32. The molecule has 0 N–H and O–H groups in total. The summed E-state index contributed by atoms with van der Waals surface area (Å²) < 4.78 is 6.62. The first-order valence-electron chi connectivity index (χ1n) is 5.30. The first-order valence-corrected chi connectivity index (χ1v) is 6.47. The number of hydrogen-bond donors (Lipinski definition) is 0. The number of Topliss-reactive ketones (excluding diaryl/α,β-unsaturated/α-hetero) is 1. The second-order valence-corrected chi connectivity index (χ2v) is 5.08. The van der Waals surface area contributed by atoms with Crippen molar-refractivity contribution in [2.45, 2.75) is 6.92 Å². The molecule has 0 saturated carbocycles. The largest absolute Gasteiger partial charge is 0.457 e. The molecule has 0 bridgehead atoms. The lowest BCUT2D eigenvalue weighted by Gasteiger charge is -2.07. The number of carbonyl (C=O) groups excluding carboxylic acids is 1. The number of rotatable bonds is 3. The molecule has 2 nitrogen and oxygen atoms in total. The smallest absolute Gasteiger partial charge is 0.161 e. The zero-order valence-electron chi connectivity index (χ0n) is 9.61. The van der Waals surface area contributed by atoms with Gasteiger partial charge in [0, 0.05) is 16.1 Å². The number of halogens is 2. The number of ketones is 1. The van der Waals surface area contributed by atoms with Crippen molar-refractivity contribution in [2.24, 2.45) is 0 Å². The summed E-state index contributed by atoms with van der Waals surface area (Å²) in [5.74, 6) is 1.26. The normalized spacial score (nSPS) is 10.2. The summed E-state index contributed by atoms with van der Waals surface area (Å²) in [6, 6.07) is 12.5. The topological polar surface area (TPSA) is 26.3 Å². The van der Waals surface area contributed by atoms with Crippen molar-refractivity contribution in [1.82, 2.24) is 0 Å². The summed E-state index contributed by atoms with van der Waals surface area (Å²) in [6.07, 6.45) is 0. The minimum absolute atomic E-state index is 0.0600. The van der Waals surface area contributed by atoms with Crippen LogP contribution in [-0.2, 0) is 0 Å². The molecule has 0 radical (unpaired) electrons. The number of ether oxygens (including phenoxy) is 1. The van der Waals surface area contributed by atoms with E-state index in [1.54, 1.807) is 18.2 Å². The van der Waals surface area contributed by atoms with Crippen molar-refractivity contribution in [2.75, 3.05) is 0 Å². The third-order valence-corrected chi connectivity index (χ3v) is 3.21. The van der Waals surface area contributed by atoms with E-state index in [0.29, 0.717) is 22.1 Å². The molecular formula is C14H10BrClO2. The second kappa shape index (κ2) is 5.55. The molecular weight excluding hydrogens is 316 g/mol. The maximum Gasteiger partial charge on any atom is 0.161 e. The van der Waals surface area contributed by atoms with E-state index in [1.165, 1.54) is 6.92 Å². The van der Waals surface area contributed by atoms with Gasteiger partial charge in [-0.15, -0.1) is 0 Å². The van der Waals surface area contributed by atoms with Gasteiger partial charge in [-0.2, -0.15) is 0 Å². The first-order chi connectivity index (χ1) is 8.56. The predicted molar refractivity (Wildman–Crippen MR) is 75.7 cm³/mol. The van der Waals surface area contributed by atoms with E-state index < -0.39 is 0 Å². The highest BCUT2D eigenvalue weighted by Crippen LogP contribution is 2.27. The molecule has 0 aromatic heterocycles. The van der Waals surface area contributed by atoms with Crippen LogP contribution in [-0.4, -0.2) is 5.78 Å². The van der Waals surface area contributed by atoms with Crippen LogP contribution in [0.15, 0.2) is 46.9 Å². The van der Waals surface area contributed by atoms with Gasteiger partial charge in [0.2, 0.25) is 0 Å². The van der Waals surface area contributed by atoms with Gasteiger partial charge in [-0.3, -0.25) is 4.79 Å². The molecule has 18 heavy (non-hydrogen) atoms. The molecule has 2 aromatic carbocycles. The van der Waals surface area contributed by atoms with Gasteiger partial charge in [0.1, 0.15) is 11.5 Å². The Balaban J connectivity index is 2.22. The fourth-order valence-corrected chi connectivity index (χ4v) is 2.05. The molecule has 0 heterocycles. The quantitative estimate of drug-likeness (QED) is 0.734. The van der Waals surface area contributed by atoms with E-state index >= 15 is 0 Å². The van der Waals surface area contributed by atoms with E-state index in [4.69, 9.17) is 16.3 Å². The molecule has 2 aromatic rings. The van der Waals surface area contributed by atoms with Gasteiger partial charge in [-0.1, -0.05) is 27.5 Å². The van der Waals surface area contributed by atoms with Crippen molar-refractivity contribution in [1.29, 1.82) is 0 Å². The maximum atomic E-state index is 11.2. The van der Waals surface area contributed by atoms with Crippen LogP contribution in [0, 0.1) is 0 Å². The highest BCUT2D eigenvalue weighted by Gasteiger charge is 2.07. The van der Waals surface area contributed by atoms with Crippen molar-refractivity contribution in [3.8, 4) is 11.5 Å². The Kier molecular flexibility index (Phi) is 4.04. The fourth-order valence-electron chi connectivity index (χ4n) is 1.48. The Morgan fingerprint density at radius 2 is 1.72 bits per heavy atom. The third kappa shape index (κ3) is 3.12. The lowest BCUT2D eigenvalue weighted by molar-refractivity contribution is 0.101. The number of carbonyl (C=O) groups is 1. The Bertz CT molecular complexity index is 579. The molecule has 0 unspecified atom stereocenters. The third-order valence-electron chi connectivity index (χ3n) is 2.37. The van der Waals surface area contributed by atoms with Crippen molar-refractivity contribution >= 4 is 33.3 Å². The zero-order chi connectivity index (χ0) is 13.1. The van der Waals surface area contributed by atoms with Crippen LogP contribution in [0.1, 0.15) is 17.3 Å². The number of hydrogen-bond acceptors (Lipinski definition) is 2. The molecule has 0 aliphatic carbocycles. The van der Waals surface area contributed by atoms with Crippen LogP contribution >= 0.6 is 27.5 Å². The molecule has 0 atom stereocenters. The number of benzene rings is 2. The molecule has 0 fully saturated rings. The molecule has 2 rings (SSSR count). The van der Waals surface area contributed by atoms with Crippen LogP contribution in [0.2, 0.25) is 5.02 Å². The summed E-state index contributed by atoms with van der Waals surface area (Å²) in [6.45, 7) is 1.48. The van der Waals surface area contributed by atoms with Crippen LogP contribution in [0.25, 0.3) is 0 Å². The summed E-state index contributed by atoms with van der Waals surface area (Å²) >= 11 is 9.36. The van der Waals surface area contributed by atoms with Gasteiger partial charge in [-0.25, -0.2) is 0 Å². The molecule has 0 aliphatic rings. The summed E-state index contributed by atoms with van der Waals surface area (Å²) in [4.78, 5) is 11.2. The fraction of sp³-hybridized carbons (Fsp3) is 0.0714. The first kappa shape index (κ1) is 13.1. The molecule has 0 spiro atoms. The SMILES string of the molecule is CC(=O)c1ccc(Oc2ccc(Br)cc2)cc1Cl. The van der Waals surface area contributed by atoms with Gasteiger partial charge >= 0.3 is 0 Å². The van der Waals surface area contributed by atoms with E-state index in [-0.39, 0.29) is 5.78 Å². The van der Waals surface area contributed by atoms with Crippen LogP contribution < -0.4 is 4.74 Å². The Morgan fingerprint density at radius 3 is 2.28 bits per heavy atom. The van der Waals surface area contributed by atoms with Gasteiger partial charge in [0.15, 0.2) is 5.78 Å². The highest BCUT2D eigenvalue weighted by atomic mass is 79.9. The molecule has 0 aliphatic heterocycles. The Labute approximate surface area is 119 Å². The van der Waals surface area contributed by atoms with Gasteiger partial charge < -0.3 is 4.74 Å². The van der Waals surface area contributed by atoms with E-state index in [1.807, 2.05) is 24.3 Å². The highest BCUT2D eigenvalue weighted by molar-refractivity contribution is 9.10. The van der Waals surface area contributed by atoms with Crippen molar-refractivity contribution in [3.05, 3.63) is 57.5 Å². The van der Waals surface area contributed by atoms with Crippen molar-refractivity contribution in [3.63, 3.8) is 0 Å². The minimum atomic E-state index is -0.0600. The van der Waals surface area contributed by atoms with E-state index in [2.05, 4.69) is 15.9 Å². The predicted octanol–water partition coefficient (Wildman–Crippen LogP) is 5.10. The van der Waals surface area contributed by atoms with Crippen molar-refractivity contribution < 1.29 is 9.53 Å². The average molecular weight is 326 g/mol. The average Bonchev–Trinajstić information content (AvgIpc) is 2.32. The second-order valence-electron chi connectivity index (χ2n) is 3.75. The van der Waals surface area contributed by atoms with Gasteiger partial charge in [-0.05, 0) is 43.3 Å². The van der Waals surface area contributed by atoms with E-state index in [9.17, 15) is 4.79 Å². The summed E-state index contributed by atoms with van der Waals surface area (Å²) in [7, 11) is 0. The molecule has 0 amide bonds. The minimum Gasteiger partial charge on any atom is -0.457 e. The lowest BCUT2D eigenvalue weighted by Crippen LogP contribution is -1.93. The van der Waals surface area contributed by atoms with Crippen LogP contribution in [0.4, 0.5) is 0 Å². The summed E-state index contributed by atoms with van der Waals surface area (Å²) in [5, 5.41) is 0.400. The zero-order valence-corrected chi connectivity index (χ0v) is 12.0. The van der Waals surface area contributed by atoms with Gasteiger partial charge in [0.25, 0.3) is 0 Å². The summed E-state index contributed by atoms with van der Waals surface area (Å²) in [5.41, 5.74) is 0.500. The van der Waals surface area contributed by atoms with E-state index in [0.717, 1.165) is 4.47 Å². The maximum absolute atomic E-state index is 11.2. The monoisotopic (exact) mass is 324 g/mol. The molecule has 4 heteroatoms.